The van der Waals surface area contributed by atoms with E-state index in [0.29, 0.717) is 5.92 Å². The number of nitrogens with two attached hydrogens (primary N) is 2. The predicted molar refractivity (Wildman–Crippen MR) is 202 cm³/mol. The summed E-state index contributed by atoms with van der Waals surface area (Å²) in [5.74, 6) is 2.06. The minimum absolute atomic E-state index is 0.124. The maximum absolute atomic E-state index is 11.3. The fourth-order valence-corrected chi connectivity index (χ4v) is 6.09. The minimum Gasteiger partial charge on any atom is -0.458 e. The smallest absolute Gasteiger partial charge is 0.284 e. The average molecular weight is 711 g/mol. The second-order valence-electron chi connectivity index (χ2n) is 12.4. The molecule has 2 aliphatic rings. The van der Waals surface area contributed by atoms with Crippen LogP contribution in [0, 0.1) is 11.8 Å². The van der Waals surface area contributed by atoms with Crippen LogP contribution in [0.2, 0.25) is 0 Å². The molecule has 276 valence electrons. The lowest BCUT2D eigenvalue weighted by atomic mass is 10.0. The van der Waals surface area contributed by atoms with Crippen LogP contribution in [0.1, 0.15) is 100 Å². The van der Waals surface area contributed by atoms with E-state index in [-0.39, 0.29) is 11.5 Å². The maximum atomic E-state index is 11.3. The molecule has 0 atom stereocenters. The Bertz CT molecular complexity index is 2050. The molecular formula is C38H50N10O4. The number of hydrogen-bond donors (Lipinski definition) is 4. The van der Waals surface area contributed by atoms with Crippen molar-refractivity contribution in [2.24, 2.45) is 23.3 Å². The van der Waals surface area contributed by atoms with E-state index in [0.717, 1.165) is 64.5 Å². The average Bonchev–Trinajstić information content (AvgIpc) is 3.60. The predicted octanol–water partition coefficient (Wildman–Crippen LogP) is 7.43. The number of nitrogens with zero attached hydrogens (tertiary/aromatic N) is 6. The first-order valence-corrected chi connectivity index (χ1v) is 18.3. The van der Waals surface area contributed by atoms with Crippen LogP contribution in [-0.4, -0.2) is 53.6 Å². The van der Waals surface area contributed by atoms with Gasteiger partial charge in [-0.2, -0.15) is 0 Å². The normalized spacial score (nSPS) is 14.2. The first-order valence-electron chi connectivity index (χ1n) is 18.3. The van der Waals surface area contributed by atoms with E-state index in [1.54, 1.807) is 36.9 Å². The van der Waals surface area contributed by atoms with Crippen molar-refractivity contribution in [1.82, 2.24) is 28.7 Å². The first kappa shape index (κ1) is 37.6. The molecule has 14 heteroatoms. The Kier molecular flexibility index (Phi) is 13.0. The number of imidazole rings is 2. The van der Waals surface area contributed by atoms with Gasteiger partial charge in [0.15, 0.2) is 34.5 Å². The second-order valence-corrected chi connectivity index (χ2v) is 12.4. The largest absolute Gasteiger partial charge is 0.458 e. The molecule has 2 amide bonds. The van der Waals surface area contributed by atoms with Gasteiger partial charge in [0.2, 0.25) is 0 Å². The van der Waals surface area contributed by atoms with Crippen molar-refractivity contribution in [3.8, 4) is 22.5 Å². The lowest BCUT2D eigenvalue weighted by Gasteiger charge is -2.16. The van der Waals surface area contributed by atoms with E-state index in [1.807, 2.05) is 48.9 Å². The van der Waals surface area contributed by atoms with E-state index in [4.69, 9.17) is 20.3 Å². The molecular weight excluding hydrogens is 660 g/mol. The Morgan fingerprint density at radius 2 is 1.10 bits per heavy atom. The summed E-state index contributed by atoms with van der Waals surface area (Å²) in [6.07, 6.45) is 24.2. The van der Waals surface area contributed by atoms with E-state index in [2.05, 4.69) is 30.6 Å². The van der Waals surface area contributed by atoms with Crippen LogP contribution in [0.3, 0.4) is 0 Å². The number of amides is 2. The zero-order valence-electron chi connectivity index (χ0n) is 30.5. The molecule has 6 heterocycles. The number of rotatable bonds is 10. The molecule has 6 N–H and O–H groups in total. The number of furan rings is 2. The molecule has 0 unspecified atom stereocenters. The van der Waals surface area contributed by atoms with Gasteiger partial charge < -0.3 is 30.9 Å². The van der Waals surface area contributed by atoms with Crippen molar-refractivity contribution in [1.29, 1.82) is 0 Å². The third-order valence-corrected chi connectivity index (χ3v) is 8.92. The van der Waals surface area contributed by atoms with Crippen LogP contribution in [0.25, 0.3) is 33.8 Å². The number of carbonyl (C=O) groups is 2. The molecule has 0 spiro atoms. The number of primary amides is 2. The summed E-state index contributed by atoms with van der Waals surface area (Å²) < 4.78 is 14.3. The number of hydrogen-bond acceptors (Lipinski definition) is 10. The molecule has 0 radical (unpaired) electrons. The lowest BCUT2D eigenvalue weighted by molar-refractivity contribution is 0.0966. The van der Waals surface area contributed by atoms with E-state index < -0.39 is 11.8 Å². The SMILES string of the molecule is CC.CC.NC(=O)c1cc(-c2cnc(NCC3CC3)c3nccn23)co1.NC(=O)c1cc(-c2cnc(NCC3CCCCCC3)c3nccn23)co1. The van der Waals surface area contributed by atoms with Crippen LogP contribution < -0.4 is 22.1 Å². The third kappa shape index (κ3) is 8.97. The molecule has 6 aromatic heterocycles. The molecule has 2 aliphatic carbocycles. The molecule has 0 saturated heterocycles. The van der Waals surface area contributed by atoms with Crippen molar-refractivity contribution in [2.75, 3.05) is 23.7 Å². The van der Waals surface area contributed by atoms with Crippen molar-refractivity contribution >= 4 is 34.7 Å². The molecule has 0 aromatic carbocycles. The summed E-state index contributed by atoms with van der Waals surface area (Å²) in [6.45, 7) is 9.85. The summed E-state index contributed by atoms with van der Waals surface area (Å²) in [7, 11) is 0. The van der Waals surface area contributed by atoms with Gasteiger partial charge in [0, 0.05) is 49.0 Å². The Balaban J connectivity index is 0.000000186. The van der Waals surface area contributed by atoms with Gasteiger partial charge in [0.1, 0.15) is 12.5 Å². The molecule has 14 nitrogen and oxygen atoms in total. The number of fused-ring (bicyclic) bond motifs is 2. The highest BCUT2D eigenvalue weighted by Crippen LogP contribution is 2.31. The summed E-state index contributed by atoms with van der Waals surface area (Å²) >= 11 is 0. The van der Waals surface area contributed by atoms with Gasteiger partial charge in [-0.05, 0) is 49.7 Å². The fourth-order valence-electron chi connectivity index (χ4n) is 6.09. The van der Waals surface area contributed by atoms with Gasteiger partial charge in [0.05, 0.1) is 23.8 Å². The van der Waals surface area contributed by atoms with Gasteiger partial charge in [-0.15, -0.1) is 0 Å². The van der Waals surface area contributed by atoms with E-state index in [1.165, 1.54) is 63.9 Å². The van der Waals surface area contributed by atoms with Gasteiger partial charge >= 0.3 is 0 Å². The minimum atomic E-state index is -0.594. The summed E-state index contributed by atoms with van der Waals surface area (Å²) in [4.78, 5) is 40.2. The van der Waals surface area contributed by atoms with Gasteiger partial charge in [-0.25, -0.2) is 19.9 Å². The van der Waals surface area contributed by atoms with Crippen LogP contribution in [0.15, 0.2) is 70.7 Å². The van der Waals surface area contributed by atoms with E-state index in [9.17, 15) is 9.59 Å². The van der Waals surface area contributed by atoms with Crippen LogP contribution in [-0.2, 0) is 0 Å². The van der Waals surface area contributed by atoms with Crippen molar-refractivity contribution in [3.05, 3.63) is 73.4 Å². The summed E-state index contributed by atoms with van der Waals surface area (Å²) in [5.41, 5.74) is 15.1. The fraction of sp³-hybridized carbons (Fsp3) is 0.421. The van der Waals surface area contributed by atoms with Crippen molar-refractivity contribution < 1.29 is 18.4 Å². The Morgan fingerprint density at radius 3 is 1.48 bits per heavy atom. The van der Waals surface area contributed by atoms with Gasteiger partial charge in [0.25, 0.3) is 11.8 Å². The first-order chi connectivity index (χ1) is 25.4. The van der Waals surface area contributed by atoms with Crippen molar-refractivity contribution in [3.63, 3.8) is 0 Å². The Morgan fingerprint density at radius 1 is 0.673 bits per heavy atom. The zero-order valence-corrected chi connectivity index (χ0v) is 30.5. The topological polar surface area (TPSA) is 197 Å². The Hall–Kier alpha value is -5.66. The molecule has 2 saturated carbocycles. The third-order valence-electron chi connectivity index (χ3n) is 8.92. The zero-order chi connectivity index (χ0) is 37.0. The summed E-state index contributed by atoms with van der Waals surface area (Å²) in [6, 6.07) is 3.23. The quantitative estimate of drug-likeness (QED) is 0.104. The highest BCUT2D eigenvalue weighted by Gasteiger charge is 2.22. The van der Waals surface area contributed by atoms with Gasteiger partial charge in [-0.1, -0.05) is 53.4 Å². The Labute approximate surface area is 303 Å². The molecule has 52 heavy (non-hydrogen) atoms. The molecule has 6 aromatic rings. The summed E-state index contributed by atoms with van der Waals surface area (Å²) in [5, 5.41) is 6.83. The molecule has 2 fully saturated rings. The highest BCUT2D eigenvalue weighted by atomic mass is 16.3. The maximum Gasteiger partial charge on any atom is 0.284 e. The molecule has 0 bridgehead atoms. The highest BCUT2D eigenvalue weighted by molar-refractivity contribution is 5.92. The lowest BCUT2D eigenvalue weighted by Crippen LogP contribution is -2.15. The number of carbonyl (C=O) groups excluding carboxylic acids is 2. The van der Waals surface area contributed by atoms with Crippen LogP contribution >= 0.6 is 0 Å². The van der Waals surface area contributed by atoms with E-state index >= 15 is 0 Å². The number of anilines is 2. The molecule has 8 rings (SSSR count). The molecule has 0 aliphatic heterocycles. The number of aromatic nitrogens is 6. The monoisotopic (exact) mass is 710 g/mol. The number of nitrogens with one attached hydrogen (secondary N) is 2. The standard InChI is InChI=1S/C19H23N5O2.C15H15N5O2.2C2H6/c20-17(25)16-9-14(12-26-16)15-11-23-18(19-21-7-8-24(15)19)22-10-13-5-3-1-2-4-6-13;16-13(21)12-5-10(8-22-12)11-7-19-14(18-6-9-1-2-9)15-17-3-4-20(11)15;2*1-2/h7-9,11-13H,1-6,10H2,(H2,20,25)(H,22,23);3-5,7-9H,1-2,6H2,(H2,16,21)(H,18,19);2*1-2H3. The van der Waals surface area contributed by atoms with Crippen molar-refractivity contribution in [2.45, 2.75) is 79.1 Å². The second kappa shape index (κ2) is 18.0. The van der Waals surface area contributed by atoms with Crippen LogP contribution in [0.5, 0.6) is 0 Å². The van der Waals surface area contributed by atoms with Gasteiger partial charge in [-0.3, -0.25) is 18.4 Å². The van der Waals surface area contributed by atoms with Crippen LogP contribution in [0.4, 0.5) is 11.6 Å².